The van der Waals surface area contributed by atoms with E-state index in [9.17, 15) is 9.90 Å². The van der Waals surface area contributed by atoms with Gasteiger partial charge in [0.15, 0.2) is 0 Å². The average molecular weight is 242 g/mol. The molecule has 1 amide bonds. The molecule has 0 aliphatic carbocycles. The molecule has 1 unspecified atom stereocenters. The number of nitrogens with zero attached hydrogens (tertiary/aromatic N) is 1. The van der Waals surface area contributed by atoms with Gasteiger partial charge in [-0.1, -0.05) is 13.8 Å². The Morgan fingerprint density at radius 3 is 2.35 bits per heavy atom. The third kappa shape index (κ3) is 4.28. The number of aliphatic hydroxyl groups is 1. The van der Waals surface area contributed by atoms with Crippen molar-refractivity contribution >= 4 is 5.91 Å². The van der Waals surface area contributed by atoms with Crippen LogP contribution in [0.4, 0.5) is 0 Å². The van der Waals surface area contributed by atoms with E-state index in [1.807, 2.05) is 6.92 Å². The van der Waals surface area contributed by atoms with Crippen LogP contribution in [0.1, 0.15) is 46.5 Å². The fourth-order valence-electron chi connectivity index (χ4n) is 2.25. The van der Waals surface area contributed by atoms with Gasteiger partial charge in [-0.15, -0.1) is 0 Å². The van der Waals surface area contributed by atoms with Crippen molar-refractivity contribution in [2.75, 3.05) is 13.1 Å². The molecule has 0 bridgehead atoms. The van der Waals surface area contributed by atoms with E-state index in [1.54, 1.807) is 0 Å². The molecule has 1 saturated heterocycles. The van der Waals surface area contributed by atoms with E-state index in [1.165, 1.54) is 0 Å². The van der Waals surface area contributed by atoms with Gasteiger partial charge in [0.1, 0.15) is 0 Å². The van der Waals surface area contributed by atoms with Gasteiger partial charge in [-0.05, 0) is 32.6 Å². The maximum Gasteiger partial charge on any atom is 0.237 e. The van der Waals surface area contributed by atoms with Crippen LogP contribution < -0.4 is 5.32 Å². The van der Waals surface area contributed by atoms with Crippen LogP contribution in [0.2, 0.25) is 0 Å². The Kier molecular flexibility index (Phi) is 5.92. The first-order valence-corrected chi connectivity index (χ1v) is 6.80. The quantitative estimate of drug-likeness (QED) is 0.760. The Balaban J connectivity index is 2.40. The van der Waals surface area contributed by atoms with E-state index in [0.717, 1.165) is 38.8 Å². The Hall–Kier alpha value is -0.610. The van der Waals surface area contributed by atoms with Gasteiger partial charge in [-0.3, -0.25) is 9.69 Å². The molecule has 1 atom stereocenters. The van der Waals surface area contributed by atoms with E-state index in [2.05, 4.69) is 24.1 Å². The van der Waals surface area contributed by atoms with E-state index >= 15 is 0 Å². The standard InChI is InChI=1S/C13H26N2O2/c1-4-11(5-2)14-13(17)10(3)15-8-6-12(16)7-9-15/h10-12,16H,4-9H2,1-3H3,(H,14,17). The van der Waals surface area contributed by atoms with Gasteiger partial charge in [-0.2, -0.15) is 0 Å². The van der Waals surface area contributed by atoms with Crippen LogP contribution in [0, 0.1) is 0 Å². The van der Waals surface area contributed by atoms with Crippen LogP contribution in [0.3, 0.4) is 0 Å². The largest absolute Gasteiger partial charge is 0.393 e. The Labute approximate surface area is 104 Å². The van der Waals surface area contributed by atoms with Crippen molar-refractivity contribution in [3.8, 4) is 0 Å². The number of carbonyl (C=O) groups excluding carboxylic acids is 1. The summed E-state index contributed by atoms with van der Waals surface area (Å²) >= 11 is 0. The number of carbonyl (C=O) groups is 1. The van der Waals surface area contributed by atoms with Crippen molar-refractivity contribution in [3.05, 3.63) is 0 Å². The maximum atomic E-state index is 12.0. The lowest BCUT2D eigenvalue weighted by Gasteiger charge is -2.34. The second kappa shape index (κ2) is 6.97. The molecule has 0 saturated carbocycles. The second-order valence-electron chi connectivity index (χ2n) is 4.97. The molecule has 1 aliphatic rings. The van der Waals surface area contributed by atoms with Gasteiger partial charge in [0.25, 0.3) is 0 Å². The zero-order chi connectivity index (χ0) is 12.8. The zero-order valence-corrected chi connectivity index (χ0v) is 11.3. The lowest BCUT2D eigenvalue weighted by molar-refractivity contribution is -0.127. The molecule has 1 fully saturated rings. The molecule has 0 aromatic heterocycles. The summed E-state index contributed by atoms with van der Waals surface area (Å²) in [5.41, 5.74) is 0. The van der Waals surface area contributed by atoms with Crippen LogP contribution in [0.25, 0.3) is 0 Å². The molecule has 0 spiro atoms. The molecule has 0 aromatic rings. The molecular formula is C13H26N2O2. The Morgan fingerprint density at radius 2 is 1.88 bits per heavy atom. The Bertz CT molecular complexity index is 234. The molecule has 0 radical (unpaired) electrons. The van der Waals surface area contributed by atoms with Gasteiger partial charge in [0.2, 0.25) is 5.91 Å². The maximum absolute atomic E-state index is 12.0. The predicted octanol–water partition coefficient (Wildman–Crippen LogP) is 1.14. The smallest absolute Gasteiger partial charge is 0.237 e. The number of piperidine rings is 1. The number of amides is 1. The molecule has 1 heterocycles. The first-order chi connectivity index (χ1) is 8.08. The number of rotatable bonds is 5. The molecule has 0 aromatic carbocycles. The lowest BCUT2D eigenvalue weighted by atomic mass is 10.1. The van der Waals surface area contributed by atoms with Gasteiger partial charge in [0.05, 0.1) is 12.1 Å². The second-order valence-corrected chi connectivity index (χ2v) is 4.97. The third-order valence-electron chi connectivity index (χ3n) is 3.76. The summed E-state index contributed by atoms with van der Waals surface area (Å²) in [5.74, 6) is 0.120. The molecule has 2 N–H and O–H groups in total. The summed E-state index contributed by atoms with van der Waals surface area (Å²) in [7, 11) is 0. The SMILES string of the molecule is CCC(CC)NC(=O)C(C)N1CCC(O)CC1. The summed E-state index contributed by atoms with van der Waals surface area (Å²) in [4.78, 5) is 14.2. The molecule has 17 heavy (non-hydrogen) atoms. The monoisotopic (exact) mass is 242 g/mol. The van der Waals surface area contributed by atoms with Crippen LogP contribution in [0.15, 0.2) is 0 Å². The minimum absolute atomic E-state index is 0.0805. The first kappa shape index (κ1) is 14.5. The average Bonchev–Trinajstić information content (AvgIpc) is 2.35. The third-order valence-corrected chi connectivity index (χ3v) is 3.76. The predicted molar refractivity (Wildman–Crippen MR) is 68.8 cm³/mol. The highest BCUT2D eigenvalue weighted by Gasteiger charge is 2.26. The topological polar surface area (TPSA) is 52.6 Å². The molecular weight excluding hydrogens is 216 g/mol. The highest BCUT2D eigenvalue weighted by molar-refractivity contribution is 5.81. The highest BCUT2D eigenvalue weighted by Crippen LogP contribution is 2.13. The van der Waals surface area contributed by atoms with Crippen LogP contribution >= 0.6 is 0 Å². The minimum Gasteiger partial charge on any atom is -0.393 e. The number of likely N-dealkylation sites (tertiary alicyclic amines) is 1. The molecule has 1 rings (SSSR count). The summed E-state index contributed by atoms with van der Waals surface area (Å²) in [5, 5.41) is 12.5. The van der Waals surface area contributed by atoms with Crippen LogP contribution in [0.5, 0.6) is 0 Å². The summed E-state index contributed by atoms with van der Waals surface area (Å²) < 4.78 is 0. The number of hydrogen-bond acceptors (Lipinski definition) is 3. The van der Waals surface area contributed by atoms with Crippen molar-refractivity contribution in [3.63, 3.8) is 0 Å². The van der Waals surface area contributed by atoms with E-state index < -0.39 is 0 Å². The minimum atomic E-state index is -0.180. The van der Waals surface area contributed by atoms with Crippen LogP contribution in [-0.2, 0) is 4.79 Å². The van der Waals surface area contributed by atoms with Gasteiger partial charge in [0, 0.05) is 19.1 Å². The summed E-state index contributed by atoms with van der Waals surface area (Å²) in [6.07, 6.45) is 3.34. The van der Waals surface area contributed by atoms with Gasteiger partial charge >= 0.3 is 0 Å². The van der Waals surface area contributed by atoms with Crippen molar-refractivity contribution in [2.24, 2.45) is 0 Å². The Morgan fingerprint density at radius 1 is 1.35 bits per heavy atom. The summed E-state index contributed by atoms with van der Waals surface area (Å²) in [6, 6.07) is 0.212. The number of aliphatic hydroxyl groups excluding tert-OH is 1. The summed E-state index contributed by atoms with van der Waals surface area (Å²) in [6.45, 7) is 7.78. The van der Waals surface area contributed by atoms with Gasteiger partial charge < -0.3 is 10.4 Å². The lowest BCUT2D eigenvalue weighted by Crippen LogP contribution is -2.50. The molecule has 100 valence electrons. The van der Waals surface area contributed by atoms with Crippen molar-refractivity contribution < 1.29 is 9.90 Å². The van der Waals surface area contributed by atoms with E-state index in [4.69, 9.17) is 0 Å². The molecule has 4 nitrogen and oxygen atoms in total. The van der Waals surface area contributed by atoms with Crippen LogP contribution in [-0.4, -0.2) is 47.2 Å². The molecule has 1 aliphatic heterocycles. The zero-order valence-electron chi connectivity index (χ0n) is 11.3. The van der Waals surface area contributed by atoms with Crippen molar-refractivity contribution in [1.29, 1.82) is 0 Å². The fraction of sp³-hybridized carbons (Fsp3) is 0.923. The van der Waals surface area contributed by atoms with E-state index in [0.29, 0.717) is 6.04 Å². The number of nitrogens with one attached hydrogen (secondary N) is 1. The normalized spacial score (nSPS) is 20.5. The van der Waals surface area contributed by atoms with E-state index in [-0.39, 0.29) is 18.1 Å². The van der Waals surface area contributed by atoms with Crippen molar-refractivity contribution in [2.45, 2.75) is 64.6 Å². The number of hydrogen-bond donors (Lipinski definition) is 2. The fourth-order valence-corrected chi connectivity index (χ4v) is 2.25. The van der Waals surface area contributed by atoms with Crippen molar-refractivity contribution in [1.82, 2.24) is 10.2 Å². The first-order valence-electron chi connectivity index (χ1n) is 6.80. The highest BCUT2D eigenvalue weighted by atomic mass is 16.3. The van der Waals surface area contributed by atoms with Gasteiger partial charge in [-0.25, -0.2) is 0 Å². The molecule has 4 heteroatoms.